The molecule has 0 spiro atoms. The minimum atomic E-state index is -1.45. The van der Waals surface area contributed by atoms with Crippen molar-refractivity contribution in [2.24, 2.45) is 0 Å². The van der Waals surface area contributed by atoms with Gasteiger partial charge in [-0.15, -0.1) is 0 Å². The largest absolute Gasteiger partial charge is 0.469 e. The summed E-state index contributed by atoms with van der Waals surface area (Å²) in [7, 11) is 2.45. The van der Waals surface area contributed by atoms with E-state index in [0.717, 1.165) is 5.56 Å². The first-order chi connectivity index (χ1) is 11.9. The number of ether oxygens (including phenoxy) is 3. The molecule has 0 amide bonds. The van der Waals surface area contributed by atoms with Gasteiger partial charge in [-0.1, -0.05) is 30.3 Å². The van der Waals surface area contributed by atoms with E-state index in [4.69, 9.17) is 19.0 Å². The number of carbonyl (C=O) groups excluding carboxylic acids is 3. The Hall–Kier alpha value is -2.45. The van der Waals surface area contributed by atoms with Crippen LogP contribution in [0.15, 0.2) is 30.3 Å². The Morgan fingerprint density at radius 2 is 1.88 bits per heavy atom. The predicted molar refractivity (Wildman–Crippen MR) is 84.6 cm³/mol. The van der Waals surface area contributed by atoms with Crippen LogP contribution in [-0.4, -0.2) is 49.0 Å². The molecule has 1 aliphatic heterocycles. The second-order valence-corrected chi connectivity index (χ2v) is 5.65. The summed E-state index contributed by atoms with van der Waals surface area (Å²) in [4.78, 5) is 41.3. The van der Waals surface area contributed by atoms with Crippen LogP contribution in [-0.2, 0) is 40.0 Å². The lowest BCUT2D eigenvalue weighted by molar-refractivity contribution is -0.252. The Morgan fingerprint density at radius 3 is 2.44 bits per heavy atom. The fourth-order valence-corrected chi connectivity index (χ4v) is 2.76. The molecule has 0 aromatic heterocycles. The topological polar surface area (TPSA) is 91.4 Å². The number of hydrogen-bond donors (Lipinski definition) is 0. The maximum Gasteiger partial charge on any atom is 0.329 e. The van der Waals surface area contributed by atoms with Gasteiger partial charge >= 0.3 is 17.9 Å². The number of carbonyl (C=O) groups is 3. The maximum absolute atomic E-state index is 12.5. The monoisotopic (exact) mass is 351 g/mol. The number of nitrogens with zero attached hydrogens (tertiary/aromatic N) is 1. The van der Waals surface area contributed by atoms with E-state index in [0.29, 0.717) is 0 Å². The average molecular weight is 351 g/mol. The Labute approximate surface area is 145 Å². The first kappa shape index (κ1) is 18.9. The van der Waals surface area contributed by atoms with Crippen LogP contribution >= 0.6 is 0 Å². The van der Waals surface area contributed by atoms with Crippen molar-refractivity contribution in [3.05, 3.63) is 35.9 Å². The van der Waals surface area contributed by atoms with Gasteiger partial charge in [-0.2, -0.15) is 5.06 Å². The molecule has 2 atom stereocenters. The number of hydroxylamine groups is 2. The Morgan fingerprint density at radius 1 is 1.20 bits per heavy atom. The third-order valence-corrected chi connectivity index (χ3v) is 3.92. The zero-order valence-electron chi connectivity index (χ0n) is 14.4. The molecule has 0 N–H and O–H groups in total. The van der Waals surface area contributed by atoms with E-state index in [1.807, 2.05) is 30.3 Å². The Kier molecular flexibility index (Phi) is 6.11. The molecule has 8 nitrogen and oxygen atoms in total. The standard InChI is InChI=1S/C17H21NO7/c1-12(19)24-15-10-17(16(21)23-3,9-14(20)22-2)18(25-15)11-13-7-5-4-6-8-13/h4-8,15H,9-11H2,1-3H3/t15-,17-/m1/s1. The van der Waals surface area contributed by atoms with E-state index < -0.39 is 29.7 Å². The molecular formula is C17H21NO7. The molecule has 0 aliphatic carbocycles. The van der Waals surface area contributed by atoms with Crippen molar-refractivity contribution in [1.29, 1.82) is 0 Å². The molecule has 136 valence electrons. The first-order valence-electron chi connectivity index (χ1n) is 7.72. The molecule has 2 rings (SSSR count). The summed E-state index contributed by atoms with van der Waals surface area (Å²) in [5.41, 5.74) is -0.596. The number of hydrogen-bond acceptors (Lipinski definition) is 8. The van der Waals surface area contributed by atoms with Gasteiger partial charge in [0.15, 0.2) is 5.54 Å². The number of methoxy groups -OCH3 is 2. The van der Waals surface area contributed by atoms with E-state index in [1.165, 1.54) is 26.2 Å². The summed E-state index contributed by atoms with van der Waals surface area (Å²) in [5.74, 6) is -1.82. The van der Waals surface area contributed by atoms with Gasteiger partial charge in [-0.05, 0) is 5.56 Å². The van der Waals surface area contributed by atoms with Gasteiger partial charge in [0.2, 0.25) is 6.29 Å². The summed E-state index contributed by atoms with van der Waals surface area (Å²) in [6.07, 6.45) is -1.33. The average Bonchev–Trinajstić information content (AvgIpc) is 2.91. The quantitative estimate of drug-likeness (QED) is 0.557. The highest BCUT2D eigenvalue weighted by molar-refractivity contribution is 5.87. The van der Waals surface area contributed by atoms with Crippen LogP contribution in [0.2, 0.25) is 0 Å². The highest BCUT2D eigenvalue weighted by Gasteiger charge is 2.56. The first-order valence-corrected chi connectivity index (χ1v) is 7.72. The normalized spacial score (nSPS) is 23.1. The van der Waals surface area contributed by atoms with E-state index in [-0.39, 0.29) is 19.4 Å². The van der Waals surface area contributed by atoms with E-state index in [2.05, 4.69) is 0 Å². The molecule has 1 heterocycles. The predicted octanol–water partition coefficient (Wildman–Crippen LogP) is 1.19. The van der Waals surface area contributed by atoms with Crippen molar-refractivity contribution in [3.8, 4) is 0 Å². The van der Waals surface area contributed by atoms with Crippen molar-refractivity contribution < 1.29 is 33.4 Å². The van der Waals surface area contributed by atoms with E-state index in [1.54, 1.807) is 0 Å². The zero-order chi connectivity index (χ0) is 18.4. The van der Waals surface area contributed by atoms with Crippen molar-refractivity contribution in [3.63, 3.8) is 0 Å². The summed E-state index contributed by atoms with van der Waals surface area (Å²) in [6.45, 7) is 1.44. The number of benzene rings is 1. The summed E-state index contributed by atoms with van der Waals surface area (Å²) in [6, 6.07) is 9.24. The number of esters is 3. The van der Waals surface area contributed by atoms with Gasteiger partial charge in [-0.25, -0.2) is 4.79 Å². The molecule has 0 saturated carbocycles. The molecule has 0 radical (unpaired) electrons. The lowest BCUT2D eigenvalue weighted by Gasteiger charge is -2.32. The minimum Gasteiger partial charge on any atom is -0.469 e. The number of rotatable bonds is 6. The van der Waals surface area contributed by atoms with Crippen molar-refractivity contribution in [2.75, 3.05) is 14.2 Å². The Balaban J connectivity index is 2.35. The van der Waals surface area contributed by atoms with Gasteiger partial charge in [0.1, 0.15) is 0 Å². The Bertz CT molecular complexity index is 633. The van der Waals surface area contributed by atoms with Crippen LogP contribution in [0, 0.1) is 0 Å². The zero-order valence-corrected chi connectivity index (χ0v) is 14.4. The third kappa shape index (κ3) is 4.34. The van der Waals surface area contributed by atoms with E-state index >= 15 is 0 Å². The molecule has 1 aromatic rings. The molecule has 25 heavy (non-hydrogen) atoms. The summed E-state index contributed by atoms with van der Waals surface area (Å²) >= 11 is 0. The van der Waals surface area contributed by atoms with Gasteiger partial charge in [0.05, 0.1) is 27.2 Å². The highest BCUT2D eigenvalue weighted by Crippen LogP contribution is 2.38. The fourth-order valence-electron chi connectivity index (χ4n) is 2.76. The van der Waals surface area contributed by atoms with Crippen LogP contribution in [0.1, 0.15) is 25.3 Å². The van der Waals surface area contributed by atoms with Crippen LogP contribution in [0.4, 0.5) is 0 Å². The molecular weight excluding hydrogens is 330 g/mol. The van der Waals surface area contributed by atoms with Crippen LogP contribution in [0.3, 0.4) is 0 Å². The third-order valence-electron chi connectivity index (χ3n) is 3.92. The molecule has 0 bridgehead atoms. The van der Waals surface area contributed by atoms with Gasteiger partial charge in [0.25, 0.3) is 0 Å². The smallest absolute Gasteiger partial charge is 0.329 e. The van der Waals surface area contributed by atoms with Gasteiger partial charge in [-0.3, -0.25) is 14.4 Å². The SMILES string of the molecule is COC(=O)C[C@]1(C(=O)OC)C[C@H](OC(C)=O)ON1Cc1ccccc1. The molecule has 1 aliphatic rings. The fraction of sp³-hybridized carbons (Fsp3) is 0.471. The van der Waals surface area contributed by atoms with Crippen molar-refractivity contribution in [2.45, 2.75) is 38.1 Å². The van der Waals surface area contributed by atoms with Crippen molar-refractivity contribution in [1.82, 2.24) is 5.06 Å². The lowest BCUT2D eigenvalue weighted by atomic mass is 9.90. The van der Waals surface area contributed by atoms with Gasteiger partial charge < -0.3 is 14.2 Å². The molecule has 8 heteroatoms. The summed E-state index contributed by atoms with van der Waals surface area (Å²) < 4.78 is 14.7. The van der Waals surface area contributed by atoms with E-state index in [9.17, 15) is 14.4 Å². The van der Waals surface area contributed by atoms with Gasteiger partial charge in [0, 0.05) is 13.3 Å². The second kappa shape index (κ2) is 8.09. The maximum atomic E-state index is 12.5. The summed E-state index contributed by atoms with van der Waals surface area (Å²) in [5, 5.41) is 1.33. The molecule has 1 aromatic carbocycles. The van der Waals surface area contributed by atoms with Crippen LogP contribution in [0.5, 0.6) is 0 Å². The lowest BCUT2D eigenvalue weighted by Crippen LogP contribution is -2.51. The second-order valence-electron chi connectivity index (χ2n) is 5.65. The van der Waals surface area contributed by atoms with Crippen molar-refractivity contribution >= 4 is 17.9 Å². The molecule has 1 saturated heterocycles. The highest BCUT2D eigenvalue weighted by atomic mass is 16.8. The molecule has 1 fully saturated rings. The minimum absolute atomic E-state index is 0.0405. The molecule has 0 unspecified atom stereocenters. The van der Waals surface area contributed by atoms with Crippen LogP contribution < -0.4 is 0 Å². The van der Waals surface area contributed by atoms with Crippen LogP contribution in [0.25, 0.3) is 0 Å².